The Balaban J connectivity index is 1.59. The van der Waals surface area contributed by atoms with Gasteiger partial charge in [0.05, 0.1) is 36.5 Å². The molecule has 11 nitrogen and oxygen atoms in total. The Kier molecular flexibility index (Phi) is 12.6. The first kappa shape index (κ1) is 37.3. The van der Waals surface area contributed by atoms with Crippen molar-refractivity contribution >= 4 is 33.3 Å². The number of carbonyl (C=O) groups is 2. The highest BCUT2D eigenvalue weighted by Gasteiger charge is 2.41. The summed E-state index contributed by atoms with van der Waals surface area (Å²) in [6, 6.07) is 12.4. The summed E-state index contributed by atoms with van der Waals surface area (Å²) in [5.41, 5.74) is 2.53. The molecule has 48 heavy (non-hydrogen) atoms. The van der Waals surface area contributed by atoms with Crippen LogP contribution in [0, 0.1) is 25.7 Å². The first-order chi connectivity index (χ1) is 22.7. The van der Waals surface area contributed by atoms with Crippen LogP contribution in [0.1, 0.15) is 49.5 Å². The van der Waals surface area contributed by atoms with E-state index in [1.165, 1.54) is 28.8 Å². The smallest absolute Gasteiger partial charge is 0.321 e. The summed E-state index contributed by atoms with van der Waals surface area (Å²) in [6.45, 7) is 12.5. The minimum Gasteiger partial charge on any atom is -0.495 e. The van der Waals surface area contributed by atoms with Crippen LogP contribution in [0.15, 0.2) is 58.8 Å². The Morgan fingerprint density at radius 1 is 1.08 bits per heavy atom. The molecule has 4 rings (SSSR count). The highest BCUT2D eigenvalue weighted by molar-refractivity contribution is 7.89. The number of nitrogens with zero attached hydrogens (tertiary/aromatic N) is 4. The number of aliphatic hydroxyl groups excluding tert-OH is 1. The number of nitrogens with one attached hydrogen (secondary N) is 1. The number of amides is 3. The van der Waals surface area contributed by atoms with Crippen molar-refractivity contribution in [2.75, 3.05) is 33.3 Å². The van der Waals surface area contributed by atoms with Gasteiger partial charge in [-0.3, -0.25) is 4.79 Å². The fourth-order valence-corrected chi connectivity index (χ4v) is 8.41. The van der Waals surface area contributed by atoms with Crippen LogP contribution in [-0.4, -0.2) is 96.0 Å². The van der Waals surface area contributed by atoms with E-state index in [-0.39, 0.29) is 48.0 Å². The molecule has 3 aromatic rings. The minimum absolute atomic E-state index is 0.0110. The van der Waals surface area contributed by atoms with Gasteiger partial charge in [-0.1, -0.05) is 64.1 Å². The molecule has 0 radical (unpaired) electrons. The molecule has 0 bridgehead atoms. The molecule has 1 fully saturated rings. The number of aromatic nitrogens is 1. The second kappa shape index (κ2) is 16.3. The number of carbonyl (C=O) groups excluding carboxylic acids is 2. The van der Waals surface area contributed by atoms with E-state index in [0.29, 0.717) is 19.6 Å². The molecule has 0 saturated carbocycles. The summed E-state index contributed by atoms with van der Waals surface area (Å²) in [5.74, 6) is -0.450. The third-order valence-corrected chi connectivity index (χ3v) is 11.1. The lowest BCUT2D eigenvalue weighted by atomic mass is 9.97. The second-order valence-electron chi connectivity index (χ2n) is 13.2. The van der Waals surface area contributed by atoms with Crippen LogP contribution in [0.3, 0.4) is 0 Å². The zero-order chi connectivity index (χ0) is 35.2. The van der Waals surface area contributed by atoms with E-state index >= 15 is 0 Å². The summed E-state index contributed by atoms with van der Waals surface area (Å²) in [6.07, 6.45) is -1.02. The Labute approximate surface area is 289 Å². The summed E-state index contributed by atoms with van der Waals surface area (Å²) < 4.78 is 34.8. The molecule has 1 aliphatic rings. The first-order valence-corrected chi connectivity index (χ1v) is 18.7. The van der Waals surface area contributed by atoms with Crippen molar-refractivity contribution in [3.8, 4) is 5.75 Å². The van der Waals surface area contributed by atoms with Gasteiger partial charge in [-0.05, 0) is 55.4 Å². The number of aliphatic hydroxyl groups is 1. The number of urea groups is 1. The molecular formula is C35H49N5O6S2. The van der Waals surface area contributed by atoms with E-state index in [9.17, 15) is 23.1 Å². The summed E-state index contributed by atoms with van der Waals surface area (Å²) in [7, 11) is -2.67. The zero-order valence-corrected chi connectivity index (χ0v) is 30.6. The molecule has 3 atom stereocenters. The maximum atomic E-state index is 14.1. The summed E-state index contributed by atoms with van der Waals surface area (Å²) in [4.78, 5) is 35.4. The van der Waals surface area contributed by atoms with Crippen molar-refractivity contribution in [3.63, 3.8) is 0 Å². The number of benzene rings is 2. The topological polar surface area (TPSA) is 132 Å². The monoisotopic (exact) mass is 699 g/mol. The molecule has 2 aromatic carbocycles. The third-order valence-electron chi connectivity index (χ3n) is 8.37. The average Bonchev–Trinajstić information content (AvgIpc) is 3.60. The van der Waals surface area contributed by atoms with Crippen LogP contribution in [0.2, 0.25) is 0 Å². The molecule has 0 aliphatic carbocycles. The molecule has 2 N–H and O–H groups in total. The van der Waals surface area contributed by atoms with Crippen molar-refractivity contribution in [2.24, 2.45) is 11.8 Å². The van der Waals surface area contributed by atoms with E-state index < -0.39 is 34.1 Å². The van der Waals surface area contributed by atoms with Gasteiger partial charge in [0, 0.05) is 31.6 Å². The lowest BCUT2D eigenvalue weighted by Crippen LogP contribution is -2.57. The zero-order valence-electron chi connectivity index (χ0n) is 28.9. The van der Waals surface area contributed by atoms with E-state index in [1.54, 1.807) is 21.9 Å². The van der Waals surface area contributed by atoms with Crippen molar-refractivity contribution < 1.29 is 27.9 Å². The predicted octanol–water partition coefficient (Wildman–Crippen LogP) is 4.47. The fourth-order valence-electron chi connectivity index (χ4n) is 6.05. The molecular weight excluding hydrogens is 651 g/mol. The molecule has 13 heteroatoms. The lowest BCUT2D eigenvalue weighted by molar-refractivity contribution is -0.128. The second-order valence-corrected chi connectivity index (χ2v) is 16.2. The van der Waals surface area contributed by atoms with Gasteiger partial charge in [0.2, 0.25) is 15.9 Å². The number of aryl methyl sites for hydroxylation is 2. The SMILES string of the molecule is COc1cc(C)ccc1S(=O)(=O)N(CC(C)C)C[C@H](O)[C@H](Cc1ccccc1)NC(=O)[C@H](C(C)C)N1CCN(Cc2csc(C)n2)C1=O. The van der Waals surface area contributed by atoms with Gasteiger partial charge in [0.15, 0.2) is 0 Å². The maximum Gasteiger partial charge on any atom is 0.321 e. The van der Waals surface area contributed by atoms with E-state index in [0.717, 1.165) is 21.8 Å². The first-order valence-electron chi connectivity index (χ1n) is 16.3. The average molecular weight is 700 g/mol. The number of hydrogen-bond donors (Lipinski definition) is 2. The Morgan fingerprint density at radius 2 is 1.79 bits per heavy atom. The molecule has 1 aromatic heterocycles. The summed E-state index contributed by atoms with van der Waals surface area (Å²) in [5, 5.41) is 17.7. The fraction of sp³-hybridized carbons (Fsp3) is 0.514. The van der Waals surface area contributed by atoms with Crippen LogP contribution in [0.25, 0.3) is 0 Å². The van der Waals surface area contributed by atoms with Gasteiger partial charge >= 0.3 is 6.03 Å². The highest BCUT2D eigenvalue weighted by Crippen LogP contribution is 2.29. The van der Waals surface area contributed by atoms with Gasteiger partial charge in [0.25, 0.3) is 0 Å². The molecule has 2 heterocycles. The largest absolute Gasteiger partial charge is 0.495 e. The van der Waals surface area contributed by atoms with Crippen molar-refractivity contribution in [2.45, 2.75) is 77.6 Å². The number of sulfonamides is 1. The Bertz CT molecular complexity index is 1650. The van der Waals surface area contributed by atoms with E-state index in [1.807, 2.05) is 77.3 Å². The lowest BCUT2D eigenvalue weighted by Gasteiger charge is -2.34. The number of ether oxygens (including phenoxy) is 1. The van der Waals surface area contributed by atoms with Gasteiger partial charge in [-0.25, -0.2) is 18.2 Å². The standard InChI is InChI=1S/C35H49N5O6S2/c1-23(2)19-39(48(44,45)32-14-13-25(5)17-31(32)46-7)21-30(41)29(18-27-11-9-8-10-12-27)37-34(42)33(24(3)4)40-16-15-38(35(40)43)20-28-22-47-26(6)36-28/h8-14,17,22-24,29-30,33,41H,15-16,18-21H2,1-7H3,(H,37,42)/t29-,30-,33-/m0/s1. The van der Waals surface area contributed by atoms with Crippen molar-refractivity contribution in [1.29, 1.82) is 0 Å². The van der Waals surface area contributed by atoms with Crippen LogP contribution in [0.4, 0.5) is 4.79 Å². The molecule has 262 valence electrons. The quantitative estimate of drug-likeness (QED) is 0.226. The Morgan fingerprint density at radius 3 is 2.40 bits per heavy atom. The van der Waals surface area contributed by atoms with Crippen molar-refractivity contribution in [3.05, 3.63) is 75.7 Å². The summed E-state index contributed by atoms with van der Waals surface area (Å²) >= 11 is 1.53. The molecule has 0 unspecified atom stereocenters. The van der Waals surface area contributed by atoms with Crippen LogP contribution in [0.5, 0.6) is 5.75 Å². The van der Waals surface area contributed by atoms with Gasteiger partial charge in [-0.15, -0.1) is 11.3 Å². The van der Waals surface area contributed by atoms with E-state index in [4.69, 9.17) is 4.74 Å². The number of hydrogen-bond acceptors (Lipinski definition) is 8. The van der Waals surface area contributed by atoms with Gasteiger partial charge in [-0.2, -0.15) is 4.31 Å². The molecule has 1 aliphatic heterocycles. The van der Waals surface area contributed by atoms with Crippen LogP contribution >= 0.6 is 11.3 Å². The minimum atomic E-state index is -4.09. The molecule has 3 amide bonds. The highest BCUT2D eigenvalue weighted by atomic mass is 32.2. The maximum absolute atomic E-state index is 14.1. The van der Waals surface area contributed by atoms with Crippen LogP contribution in [-0.2, 0) is 27.8 Å². The molecule has 1 saturated heterocycles. The normalized spacial score (nSPS) is 15.8. The Hall–Kier alpha value is -3.52. The number of methoxy groups -OCH3 is 1. The number of thiazole rings is 1. The molecule has 0 spiro atoms. The third kappa shape index (κ3) is 9.13. The van der Waals surface area contributed by atoms with Gasteiger partial charge < -0.3 is 25.0 Å². The number of rotatable bonds is 16. The van der Waals surface area contributed by atoms with Crippen molar-refractivity contribution in [1.82, 2.24) is 24.4 Å². The van der Waals surface area contributed by atoms with E-state index in [2.05, 4.69) is 10.3 Å². The predicted molar refractivity (Wildman–Crippen MR) is 187 cm³/mol. The van der Waals surface area contributed by atoms with Gasteiger partial charge in [0.1, 0.15) is 16.7 Å². The van der Waals surface area contributed by atoms with Crippen LogP contribution < -0.4 is 10.1 Å².